The molecule has 0 N–H and O–H groups in total. The molecular weight excluding hydrogens is 224 g/mol. The van der Waals surface area contributed by atoms with Crippen LogP contribution in [-0.4, -0.2) is 54.7 Å². The molecule has 0 aromatic heterocycles. The van der Waals surface area contributed by atoms with Gasteiger partial charge in [-0.05, 0) is 12.5 Å². The second-order valence-electron chi connectivity index (χ2n) is 5.74. The summed E-state index contributed by atoms with van der Waals surface area (Å²) in [5.74, 6) is 0. The Bertz CT molecular complexity index is 381. The highest BCUT2D eigenvalue weighted by molar-refractivity contribution is 5.14. The number of ether oxygens (including phenoxy) is 1. The van der Waals surface area contributed by atoms with Gasteiger partial charge in [0.15, 0.2) is 0 Å². The molecule has 2 aliphatic rings. The fourth-order valence-electron chi connectivity index (χ4n) is 2.87. The van der Waals surface area contributed by atoms with Gasteiger partial charge in [0.2, 0.25) is 0 Å². The Kier molecular flexibility index (Phi) is 3.37. The minimum atomic E-state index is 0.318. The third-order valence-corrected chi connectivity index (χ3v) is 4.21. The van der Waals surface area contributed by atoms with Gasteiger partial charge in [0.1, 0.15) is 0 Å². The van der Waals surface area contributed by atoms with Crippen LogP contribution in [0.2, 0.25) is 0 Å². The molecule has 2 fully saturated rings. The van der Waals surface area contributed by atoms with Crippen LogP contribution in [0.4, 0.5) is 0 Å². The Morgan fingerprint density at radius 1 is 1.06 bits per heavy atom. The SMILES string of the molecule is CC1(N2CCN(Cc3ccccc3)CC2)COC1. The first-order chi connectivity index (χ1) is 8.76. The third kappa shape index (κ3) is 2.44. The van der Waals surface area contributed by atoms with Gasteiger partial charge in [-0.25, -0.2) is 0 Å². The maximum Gasteiger partial charge on any atom is 0.0671 e. The summed E-state index contributed by atoms with van der Waals surface area (Å²) < 4.78 is 5.36. The van der Waals surface area contributed by atoms with E-state index in [-0.39, 0.29) is 0 Å². The number of benzene rings is 1. The molecule has 3 nitrogen and oxygen atoms in total. The monoisotopic (exact) mass is 246 g/mol. The molecule has 0 amide bonds. The molecule has 18 heavy (non-hydrogen) atoms. The van der Waals surface area contributed by atoms with Crippen molar-refractivity contribution >= 4 is 0 Å². The summed E-state index contributed by atoms with van der Waals surface area (Å²) in [6, 6.07) is 10.8. The minimum absolute atomic E-state index is 0.318. The number of nitrogens with zero attached hydrogens (tertiary/aromatic N) is 2. The van der Waals surface area contributed by atoms with Gasteiger partial charge in [-0.2, -0.15) is 0 Å². The molecular formula is C15H22N2O. The minimum Gasteiger partial charge on any atom is -0.377 e. The summed E-state index contributed by atoms with van der Waals surface area (Å²) in [6.45, 7) is 9.91. The average Bonchev–Trinajstić information content (AvgIpc) is 2.38. The van der Waals surface area contributed by atoms with Crippen LogP contribution in [0.25, 0.3) is 0 Å². The van der Waals surface area contributed by atoms with Gasteiger partial charge >= 0.3 is 0 Å². The van der Waals surface area contributed by atoms with E-state index in [0.717, 1.165) is 19.8 Å². The summed E-state index contributed by atoms with van der Waals surface area (Å²) in [5.41, 5.74) is 1.74. The first-order valence-electron chi connectivity index (χ1n) is 6.85. The van der Waals surface area contributed by atoms with Crippen LogP contribution < -0.4 is 0 Å². The molecule has 1 aromatic rings. The fourth-order valence-corrected chi connectivity index (χ4v) is 2.87. The number of hydrogen-bond donors (Lipinski definition) is 0. The lowest BCUT2D eigenvalue weighted by molar-refractivity contribution is -0.140. The quantitative estimate of drug-likeness (QED) is 0.805. The van der Waals surface area contributed by atoms with E-state index < -0.39 is 0 Å². The molecule has 0 aliphatic carbocycles. The van der Waals surface area contributed by atoms with E-state index in [1.807, 2.05) is 0 Å². The highest BCUT2D eigenvalue weighted by Gasteiger charge is 2.40. The lowest BCUT2D eigenvalue weighted by atomic mass is 9.97. The zero-order valence-corrected chi connectivity index (χ0v) is 11.1. The van der Waals surface area contributed by atoms with E-state index >= 15 is 0 Å². The summed E-state index contributed by atoms with van der Waals surface area (Å²) in [4.78, 5) is 5.15. The first-order valence-corrected chi connectivity index (χ1v) is 6.85. The molecule has 1 aromatic carbocycles. The largest absolute Gasteiger partial charge is 0.377 e. The summed E-state index contributed by atoms with van der Waals surface area (Å²) >= 11 is 0. The molecule has 0 bridgehead atoms. The van der Waals surface area contributed by atoms with Gasteiger partial charge in [-0.3, -0.25) is 9.80 Å². The fraction of sp³-hybridized carbons (Fsp3) is 0.600. The summed E-state index contributed by atoms with van der Waals surface area (Å²) in [5, 5.41) is 0. The van der Waals surface area contributed by atoms with Crippen molar-refractivity contribution in [3.05, 3.63) is 35.9 Å². The Morgan fingerprint density at radius 3 is 2.28 bits per heavy atom. The maximum atomic E-state index is 5.36. The van der Waals surface area contributed by atoms with Crippen molar-refractivity contribution in [3.63, 3.8) is 0 Å². The van der Waals surface area contributed by atoms with E-state index in [1.165, 1.54) is 31.7 Å². The molecule has 3 rings (SSSR count). The zero-order valence-electron chi connectivity index (χ0n) is 11.1. The lowest BCUT2D eigenvalue weighted by Gasteiger charge is -2.50. The first kappa shape index (κ1) is 12.2. The van der Waals surface area contributed by atoms with Gasteiger partial charge in [0, 0.05) is 32.7 Å². The number of hydrogen-bond acceptors (Lipinski definition) is 3. The van der Waals surface area contributed by atoms with Gasteiger partial charge in [0.05, 0.1) is 18.8 Å². The smallest absolute Gasteiger partial charge is 0.0671 e. The molecule has 0 spiro atoms. The average molecular weight is 246 g/mol. The van der Waals surface area contributed by atoms with Crippen molar-refractivity contribution in [1.29, 1.82) is 0 Å². The molecule has 98 valence electrons. The predicted octanol–water partition coefficient (Wildman–Crippen LogP) is 1.59. The van der Waals surface area contributed by atoms with Crippen molar-refractivity contribution in [1.82, 2.24) is 9.80 Å². The number of rotatable bonds is 3. The molecule has 2 heterocycles. The van der Waals surface area contributed by atoms with Crippen LogP contribution in [0.15, 0.2) is 30.3 Å². The van der Waals surface area contributed by atoms with Crippen molar-refractivity contribution in [3.8, 4) is 0 Å². The summed E-state index contributed by atoms with van der Waals surface area (Å²) in [6.07, 6.45) is 0. The van der Waals surface area contributed by atoms with Crippen LogP contribution in [0.3, 0.4) is 0 Å². The van der Waals surface area contributed by atoms with E-state index in [1.54, 1.807) is 0 Å². The van der Waals surface area contributed by atoms with E-state index in [9.17, 15) is 0 Å². The highest BCUT2D eigenvalue weighted by atomic mass is 16.5. The molecule has 0 saturated carbocycles. The van der Waals surface area contributed by atoms with E-state index in [2.05, 4.69) is 47.1 Å². The molecule has 0 radical (unpaired) electrons. The van der Waals surface area contributed by atoms with Gasteiger partial charge < -0.3 is 4.74 Å². The van der Waals surface area contributed by atoms with Crippen LogP contribution in [0, 0.1) is 0 Å². The second-order valence-corrected chi connectivity index (χ2v) is 5.74. The van der Waals surface area contributed by atoms with Crippen molar-refractivity contribution < 1.29 is 4.74 Å². The predicted molar refractivity (Wildman–Crippen MR) is 72.5 cm³/mol. The molecule has 2 aliphatic heterocycles. The summed E-state index contributed by atoms with van der Waals surface area (Å²) in [7, 11) is 0. The van der Waals surface area contributed by atoms with E-state index in [4.69, 9.17) is 4.74 Å². The van der Waals surface area contributed by atoms with Crippen LogP contribution in [0.5, 0.6) is 0 Å². The lowest BCUT2D eigenvalue weighted by Crippen LogP contribution is -2.64. The molecule has 2 saturated heterocycles. The van der Waals surface area contributed by atoms with E-state index in [0.29, 0.717) is 5.54 Å². The van der Waals surface area contributed by atoms with Gasteiger partial charge in [0.25, 0.3) is 0 Å². The molecule has 0 unspecified atom stereocenters. The van der Waals surface area contributed by atoms with Gasteiger partial charge in [-0.15, -0.1) is 0 Å². The normalized spacial score (nSPS) is 24.7. The Labute approximate surface area is 109 Å². The van der Waals surface area contributed by atoms with Crippen LogP contribution in [0.1, 0.15) is 12.5 Å². The Hall–Kier alpha value is -0.900. The van der Waals surface area contributed by atoms with Gasteiger partial charge in [-0.1, -0.05) is 30.3 Å². The van der Waals surface area contributed by atoms with Crippen LogP contribution >= 0.6 is 0 Å². The van der Waals surface area contributed by atoms with Crippen molar-refractivity contribution in [2.75, 3.05) is 39.4 Å². The molecule has 3 heteroatoms. The Morgan fingerprint density at radius 2 is 1.72 bits per heavy atom. The zero-order chi connectivity index (χ0) is 12.4. The standard InChI is InChI=1S/C15H22N2O/c1-15(12-18-13-15)17-9-7-16(8-10-17)11-14-5-3-2-4-6-14/h2-6H,7-13H2,1H3. The molecule has 0 atom stereocenters. The number of piperazine rings is 1. The van der Waals surface area contributed by atoms with Crippen molar-refractivity contribution in [2.24, 2.45) is 0 Å². The maximum absolute atomic E-state index is 5.36. The Balaban J connectivity index is 1.51. The second kappa shape index (κ2) is 5.00. The van der Waals surface area contributed by atoms with Crippen LogP contribution in [-0.2, 0) is 11.3 Å². The van der Waals surface area contributed by atoms with Crippen molar-refractivity contribution in [2.45, 2.75) is 19.0 Å². The topological polar surface area (TPSA) is 15.7 Å². The highest BCUT2D eigenvalue weighted by Crippen LogP contribution is 2.25. The third-order valence-electron chi connectivity index (χ3n) is 4.21.